The fourth-order valence-corrected chi connectivity index (χ4v) is 4.50. The molecule has 0 unspecified atom stereocenters. The van der Waals surface area contributed by atoms with E-state index in [4.69, 9.17) is 10.8 Å². The molecule has 5 N–H and O–H groups in total. The minimum atomic E-state index is -0.202. The van der Waals surface area contributed by atoms with Crippen LogP contribution in [0.25, 0.3) is 11.3 Å². The predicted octanol–water partition coefficient (Wildman–Crippen LogP) is 3.13. The van der Waals surface area contributed by atoms with Crippen LogP contribution in [-0.2, 0) is 0 Å². The van der Waals surface area contributed by atoms with Gasteiger partial charge in [0.1, 0.15) is 5.75 Å². The van der Waals surface area contributed by atoms with Crippen molar-refractivity contribution >= 4 is 17.7 Å². The number of nitrogens with two attached hydrogens (primary N) is 1. The Morgan fingerprint density at radius 2 is 1.88 bits per heavy atom. The van der Waals surface area contributed by atoms with E-state index >= 15 is 0 Å². The minimum Gasteiger partial charge on any atom is -0.507 e. The van der Waals surface area contributed by atoms with Crippen molar-refractivity contribution < 1.29 is 10.2 Å². The molecule has 0 saturated carbocycles. The van der Waals surface area contributed by atoms with Gasteiger partial charge >= 0.3 is 0 Å². The molecule has 1 aromatic carbocycles. The second kappa shape index (κ2) is 9.26. The van der Waals surface area contributed by atoms with Gasteiger partial charge in [-0.25, -0.2) is 0 Å². The molecule has 0 atom stereocenters. The minimum absolute atomic E-state index is 0.0436. The molecule has 8 nitrogen and oxygen atoms in total. The molecule has 172 valence electrons. The zero-order valence-electron chi connectivity index (χ0n) is 19.5. The van der Waals surface area contributed by atoms with Gasteiger partial charge in [0.05, 0.1) is 18.0 Å². The third-order valence-corrected chi connectivity index (χ3v) is 5.76. The Balaban J connectivity index is 1.77. The first-order valence-electron chi connectivity index (χ1n) is 10.8. The molecule has 1 saturated heterocycles. The van der Waals surface area contributed by atoms with Gasteiger partial charge < -0.3 is 26.2 Å². The van der Waals surface area contributed by atoms with Crippen molar-refractivity contribution in [3.05, 3.63) is 42.1 Å². The largest absolute Gasteiger partial charge is 0.507 e. The molecule has 0 aliphatic carbocycles. The monoisotopic (exact) mass is 438 g/mol. The average Bonchev–Trinajstić information content (AvgIpc) is 2.72. The summed E-state index contributed by atoms with van der Waals surface area (Å²) in [6.07, 6.45) is 4.77. The number of phenolic OH excluding ortho intramolecular Hbond substituents is 1. The number of aromatic nitrogens is 2. The van der Waals surface area contributed by atoms with Crippen molar-refractivity contribution in [2.75, 3.05) is 18.6 Å². The number of hydrogen-bond donors (Lipinski definition) is 4. The van der Waals surface area contributed by atoms with E-state index < -0.39 is 0 Å². The molecule has 8 heteroatoms. The first-order chi connectivity index (χ1) is 15.0. The maximum atomic E-state index is 10.5. The Hall–Kier alpha value is -2.97. The third kappa shape index (κ3) is 5.63. The molecule has 0 radical (unpaired) electrons. The number of aromatic hydroxyl groups is 1. The predicted molar refractivity (Wildman–Crippen MR) is 129 cm³/mol. The quantitative estimate of drug-likeness (QED) is 0.512. The van der Waals surface area contributed by atoms with Crippen LogP contribution in [0.5, 0.6) is 5.75 Å². The zero-order valence-corrected chi connectivity index (χ0v) is 19.5. The van der Waals surface area contributed by atoms with Crippen molar-refractivity contribution in [3.8, 4) is 17.0 Å². The maximum absolute atomic E-state index is 10.5. The van der Waals surface area contributed by atoms with Gasteiger partial charge in [0.15, 0.2) is 5.82 Å². The van der Waals surface area contributed by atoms with Crippen LogP contribution in [0.4, 0.5) is 11.5 Å². The SMILES string of the molecule is CN(c1ccc(-c2ccc(N=CC(=CN)CO)cc2O)nn1)C1CC(C)(C)NC(C)(C)C1. The van der Waals surface area contributed by atoms with E-state index in [1.165, 1.54) is 18.5 Å². The van der Waals surface area contributed by atoms with Gasteiger partial charge in [0, 0.05) is 53.8 Å². The Bertz CT molecular complexity index is 982. The van der Waals surface area contributed by atoms with Crippen molar-refractivity contribution in [3.63, 3.8) is 0 Å². The molecule has 3 rings (SSSR count). The molecule has 1 aliphatic rings. The van der Waals surface area contributed by atoms with E-state index in [0.29, 0.717) is 28.6 Å². The number of aliphatic hydroxyl groups is 1. The number of hydrogen-bond acceptors (Lipinski definition) is 8. The van der Waals surface area contributed by atoms with Crippen LogP contribution in [0.2, 0.25) is 0 Å². The van der Waals surface area contributed by atoms with Crippen LogP contribution in [0.3, 0.4) is 0 Å². The van der Waals surface area contributed by atoms with Gasteiger partial charge in [0.2, 0.25) is 0 Å². The molecule has 0 spiro atoms. The van der Waals surface area contributed by atoms with E-state index in [2.05, 4.69) is 60.1 Å². The van der Waals surface area contributed by atoms with E-state index in [9.17, 15) is 5.11 Å². The average molecular weight is 439 g/mol. The number of benzene rings is 1. The third-order valence-electron chi connectivity index (χ3n) is 5.76. The summed E-state index contributed by atoms with van der Waals surface area (Å²) < 4.78 is 0. The summed E-state index contributed by atoms with van der Waals surface area (Å²) in [7, 11) is 2.06. The molecular formula is C24H34N6O2. The topological polar surface area (TPSA) is 120 Å². The Kier molecular flexibility index (Phi) is 6.85. The molecular weight excluding hydrogens is 404 g/mol. The van der Waals surface area contributed by atoms with Crippen LogP contribution in [-0.4, -0.2) is 57.4 Å². The molecule has 1 aliphatic heterocycles. The molecule has 2 heterocycles. The molecule has 0 amide bonds. The van der Waals surface area contributed by atoms with E-state index in [0.717, 1.165) is 18.7 Å². The first kappa shape index (κ1) is 23.7. The fourth-order valence-electron chi connectivity index (χ4n) is 4.50. The second-order valence-electron chi connectivity index (χ2n) is 9.70. The fraction of sp³-hybridized carbons (Fsp3) is 0.458. The van der Waals surface area contributed by atoms with Crippen LogP contribution >= 0.6 is 0 Å². The summed E-state index contributed by atoms with van der Waals surface area (Å²) in [6, 6.07) is 9.21. The van der Waals surface area contributed by atoms with Crippen LogP contribution in [0.1, 0.15) is 40.5 Å². The number of nitrogens with one attached hydrogen (secondary N) is 1. The highest BCUT2D eigenvalue weighted by atomic mass is 16.3. The summed E-state index contributed by atoms with van der Waals surface area (Å²) in [4.78, 5) is 6.41. The van der Waals surface area contributed by atoms with Gasteiger partial charge in [-0.3, -0.25) is 4.99 Å². The number of aliphatic hydroxyl groups excluding tert-OH is 1. The van der Waals surface area contributed by atoms with Crippen LogP contribution in [0.15, 0.2) is 47.1 Å². The molecule has 1 fully saturated rings. The molecule has 2 aromatic rings. The molecule has 1 aromatic heterocycles. The lowest BCUT2D eigenvalue weighted by molar-refractivity contribution is 0.160. The molecule has 0 bridgehead atoms. The maximum Gasteiger partial charge on any atom is 0.151 e. The summed E-state index contributed by atoms with van der Waals surface area (Å²) in [5.41, 5.74) is 7.67. The van der Waals surface area contributed by atoms with Crippen molar-refractivity contribution in [1.82, 2.24) is 15.5 Å². The highest BCUT2D eigenvalue weighted by Crippen LogP contribution is 2.34. The number of rotatable bonds is 6. The highest BCUT2D eigenvalue weighted by molar-refractivity contribution is 5.81. The number of aliphatic imine (C=N–C) groups is 1. The summed E-state index contributed by atoms with van der Waals surface area (Å²) >= 11 is 0. The highest BCUT2D eigenvalue weighted by Gasteiger charge is 2.39. The normalized spacial score (nSPS) is 18.8. The van der Waals surface area contributed by atoms with Crippen molar-refractivity contribution in [1.29, 1.82) is 0 Å². The lowest BCUT2D eigenvalue weighted by atomic mass is 9.79. The van der Waals surface area contributed by atoms with E-state index in [1.54, 1.807) is 12.1 Å². The smallest absolute Gasteiger partial charge is 0.151 e. The number of anilines is 1. The summed E-state index contributed by atoms with van der Waals surface area (Å²) in [5, 5.41) is 32.1. The Labute approximate surface area is 189 Å². The lowest BCUT2D eigenvalue weighted by Crippen LogP contribution is -2.62. The van der Waals surface area contributed by atoms with Crippen LogP contribution in [0, 0.1) is 0 Å². The van der Waals surface area contributed by atoms with Crippen molar-refractivity contribution in [2.24, 2.45) is 10.7 Å². The lowest BCUT2D eigenvalue weighted by Gasteiger charge is -2.49. The van der Waals surface area contributed by atoms with Gasteiger partial charge in [-0.2, -0.15) is 0 Å². The van der Waals surface area contributed by atoms with E-state index in [1.807, 2.05) is 12.1 Å². The van der Waals surface area contributed by atoms with E-state index in [-0.39, 0.29) is 23.4 Å². The standard InChI is InChI=1S/C24H34N6O2/c1-23(2)11-18(12-24(3,4)29-23)30(5)22-9-8-20(27-28-22)19-7-6-17(10-21(19)32)26-14-16(13-25)15-31/h6-10,13-14,18,29,31-32H,11-12,15,25H2,1-5H3. The Morgan fingerprint density at radius 3 is 2.41 bits per heavy atom. The van der Waals surface area contributed by atoms with Gasteiger partial charge in [0.25, 0.3) is 0 Å². The molecule has 32 heavy (non-hydrogen) atoms. The van der Waals surface area contributed by atoms with Crippen LogP contribution < -0.4 is 16.0 Å². The first-order valence-corrected chi connectivity index (χ1v) is 10.8. The number of piperidine rings is 1. The van der Waals surface area contributed by atoms with Crippen molar-refractivity contribution in [2.45, 2.75) is 57.7 Å². The van der Waals surface area contributed by atoms with Gasteiger partial charge in [-0.1, -0.05) is 0 Å². The second-order valence-corrected chi connectivity index (χ2v) is 9.70. The zero-order chi connectivity index (χ0) is 23.5. The summed E-state index contributed by atoms with van der Waals surface area (Å²) in [5.74, 6) is 0.859. The van der Waals surface area contributed by atoms with Gasteiger partial charge in [-0.15, -0.1) is 10.2 Å². The number of nitrogens with zero attached hydrogens (tertiary/aromatic N) is 4. The van der Waals surface area contributed by atoms with Gasteiger partial charge in [-0.05, 0) is 64.8 Å². The number of phenols is 1. The Morgan fingerprint density at radius 1 is 1.19 bits per heavy atom. The summed E-state index contributed by atoms with van der Waals surface area (Å²) in [6.45, 7) is 8.73.